The minimum absolute atomic E-state index is 0.331. The van der Waals surface area contributed by atoms with Crippen molar-refractivity contribution in [2.24, 2.45) is 17.6 Å². The van der Waals surface area contributed by atoms with E-state index in [0.29, 0.717) is 5.54 Å². The third-order valence-electron chi connectivity index (χ3n) is 5.60. The molecule has 2 N–H and O–H groups in total. The van der Waals surface area contributed by atoms with E-state index in [-0.39, 0.29) is 0 Å². The molecule has 0 radical (unpaired) electrons. The summed E-state index contributed by atoms with van der Waals surface area (Å²) in [5.41, 5.74) is 6.58. The van der Waals surface area contributed by atoms with Crippen LogP contribution in [0.4, 0.5) is 0 Å². The van der Waals surface area contributed by atoms with Gasteiger partial charge in [0.1, 0.15) is 0 Å². The van der Waals surface area contributed by atoms with Gasteiger partial charge in [0.25, 0.3) is 0 Å². The maximum atomic E-state index is 6.25. The van der Waals surface area contributed by atoms with Crippen molar-refractivity contribution >= 4 is 0 Å². The van der Waals surface area contributed by atoms with Gasteiger partial charge in [0.05, 0.1) is 0 Å². The Morgan fingerprint density at radius 1 is 1.24 bits per heavy atom. The van der Waals surface area contributed by atoms with Crippen LogP contribution in [0, 0.1) is 11.8 Å². The molecule has 0 aliphatic carbocycles. The van der Waals surface area contributed by atoms with Crippen molar-refractivity contribution in [1.82, 2.24) is 9.80 Å². The summed E-state index contributed by atoms with van der Waals surface area (Å²) in [5, 5.41) is 0. The van der Waals surface area contributed by atoms with Crippen molar-refractivity contribution in [1.29, 1.82) is 0 Å². The van der Waals surface area contributed by atoms with E-state index >= 15 is 0 Å². The summed E-state index contributed by atoms with van der Waals surface area (Å²) in [5.74, 6) is 1.68. The fraction of sp³-hybridized carbons (Fsp3) is 1.00. The van der Waals surface area contributed by atoms with Crippen LogP contribution in [-0.2, 0) is 0 Å². The van der Waals surface area contributed by atoms with E-state index in [1.807, 2.05) is 0 Å². The second kappa shape index (κ2) is 4.22. The summed E-state index contributed by atoms with van der Waals surface area (Å²) < 4.78 is 0. The Balaban J connectivity index is 1.86. The highest BCUT2D eigenvalue weighted by atomic mass is 15.3. The van der Waals surface area contributed by atoms with E-state index in [9.17, 15) is 0 Å². The summed E-state index contributed by atoms with van der Waals surface area (Å²) in [4.78, 5) is 5.41. The number of likely N-dealkylation sites (tertiary alicyclic amines) is 1. The van der Waals surface area contributed by atoms with Crippen LogP contribution in [0.25, 0.3) is 0 Å². The molecule has 0 spiro atoms. The number of fused-ring (bicyclic) bond motifs is 2. The molecule has 5 unspecified atom stereocenters. The topological polar surface area (TPSA) is 32.5 Å². The Morgan fingerprint density at radius 3 is 2.71 bits per heavy atom. The summed E-state index contributed by atoms with van der Waals surface area (Å²) >= 11 is 0. The lowest BCUT2D eigenvalue weighted by atomic mass is 9.77. The van der Waals surface area contributed by atoms with Gasteiger partial charge < -0.3 is 10.6 Å². The number of nitrogens with two attached hydrogens (primary N) is 1. The predicted molar refractivity (Wildman–Crippen MR) is 70.9 cm³/mol. The van der Waals surface area contributed by atoms with Crippen molar-refractivity contribution in [2.45, 2.75) is 44.7 Å². The quantitative estimate of drug-likeness (QED) is 0.782. The lowest BCUT2D eigenvalue weighted by Crippen LogP contribution is -2.63. The van der Waals surface area contributed by atoms with Crippen molar-refractivity contribution in [3.8, 4) is 0 Å². The highest BCUT2D eigenvalue weighted by Gasteiger charge is 2.51. The summed E-state index contributed by atoms with van der Waals surface area (Å²) in [6.07, 6.45) is 4.03. The maximum Gasteiger partial charge on any atom is 0.0387 e. The van der Waals surface area contributed by atoms with Crippen molar-refractivity contribution < 1.29 is 0 Å². The van der Waals surface area contributed by atoms with Gasteiger partial charge in [0.15, 0.2) is 0 Å². The molecule has 3 nitrogen and oxygen atoms in total. The van der Waals surface area contributed by atoms with E-state index in [1.165, 1.54) is 45.4 Å². The van der Waals surface area contributed by atoms with E-state index in [2.05, 4.69) is 23.6 Å². The minimum Gasteiger partial charge on any atom is -0.329 e. The van der Waals surface area contributed by atoms with Crippen molar-refractivity contribution in [3.05, 3.63) is 0 Å². The standard InChI is InChI=1S/C14H27N3/c1-11-7-12(2)17(8-11)14(10-15)4-6-16-5-3-13(14)9-16/h11-13H,3-10,15H2,1-2H3. The molecule has 3 aliphatic heterocycles. The first-order chi connectivity index (χ1) is 8.15. The Kier molecular flexibility index (Phi) is 2.96. The van der Waals surface area contributed by atoms with Gasteiger partial charge >= 0.3 is 0 Å². The first kappa shape index (κ1) is 11.9. The monoisotopic (exact) mass is 237 g/mol. The largest absolute Gasteiger partial charge is 0.329 e. The highest BCUT2D eigenvalue weighted by Crippen LogP contribution is 2.43. The smallest absolute Gasteiger partial charge is 0.0387 e. The third kappa shape index (κ3) is 1.74. The second-order valence-corrected chi connectivity index (χ2v) is 6.69. The molecule has 3 fully saturated rings. The molecule has 5 atom stereocenters. The predicted octanol–water partition coefficient (Wildman–Crippen LogP) is 1.14. The number of hydrogen-bond acceptors (Lipinski definition) is 3. The van der Waals surface area contributed by atoms with Gasteiger partial charge in [-0.05, 0) is 51.1 Å². The first-order valence-electron chi connectivity index (χ1n) is 7.35. The second-order valence-electron chi connectivity index (χ2n) is 6.69. The van der Waals surface area contributed by atoms with Crippen molar-refractivity contribution in [2.75, 3.05) is 32.7 Å². The van der Waals surface area contributed by atoms with E-state index in [4.69, 9.17) is 5.73 Å². The first-order valence-corrected chi connectivity index (χ1v) is 7.35. The highest BCUT2D eigenvalue weighted by molar-refractivity contribution is 5.07. The summed E-state index contributed by atoms with van der Waals surface area (Å²) in [6, 6.07) is 0.737. The van der Waals surface area contributed by atoms with Gasteiger partial charge in [0.2, 0.25) is 0 Å². The molecular formula is C14H27N3. The van der Waals surface area contributed by atoms with Crippen molar-refractivity contribution in [3.63, 3.8) is 0 Å². The van der Waals surface area contributed by atoms with Crippen LogP contribution in [0.15, 0.2) is 0 Å². The Bertz CT molecular complexity index is 293. The number of hydrogen-bond donors (Lipinski definition) is 1. The third-order valence-corrected chi connectivity index (χ3v) is 5.60. The van der Waals surface area contributed by atoms with Gasteiger partial charge in [-0.2, -0.15) is 0 Å². The van der Waals surface area contributed by atoms with Gasteiger partial charge in [-0.1, -0.05) is 6.92 Å². The molecule has 3 heterocycles. The minimum atomic E-state index is 0.331. The molecule has 17 heavy (non-hydrogen) atoms. The molecule has 0 amide bonds. The van der Waals surface area contributed by atoms with Crippen LogP contribution < -0.4 is 5.73 Å². The molecule has 0 aromatic rings. The molecule has 0 aromatic carbocycles. The molecule has 3 saturated heterocycles. The van der Waals surface area contributed by atoms with Crippen LogP contribution in [0.1, 0.15) is 33.1 Å². The number of nitrogens with zero attached hydrogens (tertiary/aromatic N) is 2. The van der Waals surface area contributed by atoms with Gasteiger partial charge in [-0.15, -0.1) is 0 Å². The molecule has 3 rings (SSSR count). The molecule has 3 heteroatoms. The molecular weight excluding hydrogens is 210 g/mol. The Hall–Kier alpha value is -0.120. The van der Waals surface area contributed by atoms with Crippen LogP contribution in [0.2, 0.25) is 0 Å². The zero-order chi connectivity index (χ0) is 12.0. The molecule has 98 valence electrons. The molecule has 2 bridgehead atoms. The Morgan fingerprint density at radius 2 is 2.06 bits per heavy atom. The fourth-order valence-electron chi connectivity index (χ4n) is 4.71. The lowest BCUT2D eigenvalue weighted by molar-refractivity contribution is 0.00147. The SMILES string of the molecule is CC1CC(C)N(C2(CN)CCN3CCC2C3)C1. The summed E-state index contributed by atoms with van der Waals surface area (Å²) in [6.45, 7) is 10.8. The zero-order valence-electron chi connectivity index (χ0n) is 11.4. The normalized spacial score (nSPS) is 51.0. The van der Waals surface area contributed by atoms with Gasteiger partial charge in [-0.25, -0.2) is 0 Å². The zero-order valence-corrected chi connectivity index (χ0v) is 11.4. The summed E-state index contributed by atoms with van der Waals surface area (Å²) in [7, 11) is 0. The molecule has 0 aromatic heterocycles. The number of rotatable bonds is 2. The average Bonchev–Trinajstić information content (AvgIpc) is 2.86. The van der Waals surface area contributed by atoms with Crippen LogP contribution in [0.5, 0.6) is 0 Å². The van der Waals surface area contributed by atoms with Crippen LogP contribution in [0.3, 0.4) is 0 Å². The van der Waals surface area contributed by atoms with Crippen LogP contribution >= 0.6 is 0 Å². The average molecular weight is 237 g/mol. The van der Waals surface area contributed by atoms with E-state index in [1.54, 1.807) is 0 Å². The van der Waals surface area contributed by atoms with Gasteiger partial charge in [0, 0.05) is 31.2 Å². The maximum absolute atomic E-state index is 6.25. The van der Waals surface area contributed by atoms with E-state index < -0.39 is 0 Å². The van der Waals surface area contributed by atoms with E-state index in [0.717, 1.165) is 24.4 Å². The molecule has 0 saturated carbocycles. The molecule has 3 aliphatic rings. The lowest BCUT2D eigenvalue weighted by Gasteiger charge is -2.50. The Labute approximate surface area is 105 Å². The van der Waals surface area contributed by atoms with Crippen LogP contribution in [-0.4, -0.2) is 54.1 Å². The van der Waals surface area contributed by atoms with Gasteiger partial charge in [-0.3, -0.25) is 4.90 Å². The fourth-order valence-corrected chi connectivity index (χ4v) is 4.71. The number of piperidine rings is 1.